The number of hydrogen-bond donors (Lipinski definition) is 0. The summed E-state index contributed by atoms with van der Waals surface area (Å²) in [5, 5.41) is 0. The summed E-state index contributed by atoms with van der Waals surface area (Å²) in [5.41, 5.74) is 3.72. The van der Waals surface area contributed by atoms with Crippen LogP contribution in [0.1, 0.15) is 17.4 Å². The normalized spacial score (nSPS) is 16.7. The van der Waals surface area contributed by atoms with E-state index in [9.17, 15) is 4.39 Å². The van der Waals surface area contributed by atoms with Gasteiger partial charge in [0, 0.05) is 71.3 Å². The molecule has 3 aromatic rings. The van der Waals surface area contributed by atoms with Gasteiger partial charge in [-0.05, 0) is 23.8 Å². The van der Waals surface area contributed by atoms with Crippen molar-refractivity contribution in [1.82, 2.24) is 19.9 Å². The number of hydrogen-bond acceptors (Lipinski definition) is 7. The van der Waals surface area contributed by atoms with Gasteiger partial charge < -0.3 is 14.5 Å². The van der Waals surface area contributed by atoms with Gasteiger partial charge in [0.2, 0.25) is 5.95 Å². The smallest absolute Gasteiger partial charge is 0.225 e. The van der Waals surface area contributed by atoms with Crippen LogP contribution in [-0.4, -0.2) is 67.7 Å². The van der Waals surface area contributed by atoms with Crippen LogP contribution in [0.5, 0.6) is 0 Å². The zero-order valence-electron chi connectivity index (χ0n) is 19.0. The summed E-state index contributed by atoms with van der Waals surface area (Å²) in [4.78, 5) is 20.1. The lowest BCUT2D eigenvalue weighted by Gasteiger charge is -2.34. The fraction of sp³-hybridized carbons (Fsp3) is 0.375. The van der Waals surface area contributed by atoms with Crippen molar-refractivity contribution in [2.75, 3.05) is 57.7 Å². The summed E-state index contributed by atoms with van der Waals surface area (Å²) in [6.45, 7) is 2.90. The van der Waals surface area contributed by atoms with Crippen molar-refractivity contribution in [2.24, 2.45) is 0 Å². The molecule has 4 rings (SSSR count). The molecule has 1 atom stereocenters. The van der Waals surface area contributed by atoms with Crippen molar-refractivity contribution in [3.05, 3.63) is 65.9 Å². The number of anilines is 2. The van der Waals surface area contributed by atoms with Gasteiger partial charge in [0.05, 0.1) is 12.3 Å². The zero-order chi connectivity index (χ0) is 22.7. The van der Waals surface area contributed by atoms with Crippen LogP contribution >= 0.6 is 0 Å². The van der Waals surface area contributed by atoms with Crippen molar-refractivity contribution in [3.8, 4) is 11.1 Å². The van der Waals surface area contributed by atoms with Crippen LogP contribution in [0, 0.1) is 5.82 Å². The van der Waals surface area contributed by atoms with E-state index >= 15 is 0 Å². The average molecular weight is 437 g/mol. The highest BCUT2D eigenvalue weighted by Gasteiger charge is 2.27. The Morgan fingerprint density at radius 2 is 1.84 bits per heavy atom. The molecule has 0 aliphatic carbocycles. The van der Waals surface area contributed by atoms with E-state index in [1.54, 1.807) is 18.3 Å². The van der Waals surface area contributed by atoms with Crippen LogP contribution in [0.3, 0.4) is 0 Å². The molecule has 2 aromatic heterocycles. The highest BCUT2D eigenvalue weighted by Crippen LogP contribution is 2.32. The van der Waals surface area contributed by atoms with Gasteiger partial charge in [-0.2, -0.15) is 0 Å². The van der Waals surface area contributed by atoms with Gasteiger partial charge >= 0.3 is 0 Å². The van der Waals surface area contributed by atoms with Crippen molar-refractivity contribution >= 4 is 11.8 Å². The van der Waals surface area contributed by atoms with Crippen molar-refractivity contribution in [3.63, 3.8) is 0 Å². The van der Waals surface area contributed by atoms with Gasteiger partial charge in [-0.15, -0.1) is 0 Å². The minimum absolute atomic E-state index is 0.218. The van der Waals surface area contributed by atoms with E-state index in [2.05, 4.69) is 20.9 Å². The van der Waals surface area contributed by atoms with Crippen molar-refractivity contribution in [1.29, 1.82) is 0 Å². The largest absolute Gasteiger partial charge is 0.369 e. The molecule has 7 nitrogen and oxygen atoms in total. The summed E-state index contributed by atoms with van der Waals surface area (Å²) in [6.07, 6.45) is 3.41. The van der Waals surface area contributed by atoms with Gasteiger partial charge in [0.1, 0.15) is 17.7 Å². The number of aromatic nitrogens is 3. The van der Waals surface area contributed by atoms with E-state index in [1.165, 1.54) is 17.7 Å². The number of rotatable bonds is 6. The summed E-state index contributed by atoms with van der Waals surface area (Å²) in [7, 11) is 7.84. The quantitative estimate of drug-likeness (QED) is 0.587. The molecule has 0 N–H and O–H groups in total. The molecule has 1 fully saturated rings. The number of pyridine rings is 1. The molecule has 1 aromatic carbocycles. The highest BCUT2D eigenvalue weighted by molar-refractivity contribution is 5.66. The SMILES string of the molecule is CN(C)c1ncc(-c2ccc(F)cc2)c([C@@H]2CN(Cc3cccnc3N(C)C)CCO2)n1. The first-order valence-electron chi connectivity index (χ1n) is 10.7. The third-order valence-electron chi connectivity index (χ3n) is 5.50. The second-order valence-electron chi connectivity index (χ2n) is 8.35. The molecule has 8 heteroatoms. The third kappa shape index (κ3) is 4.87. The van der Waals surface area contributed by atoms with E-state index < -0.39 is 0 Å². The molecule has 168 valence electrons. The number of morpholine rings is 1. The Bertz CT molecular complexity index is 1060. The van der Waals surface area contributed by atoms with E-state index in [1.807, 2.05) is 50.3 Å². The Morgan fingerprint density at radius 1 is 1.06 bits per heavy atom. The zero-order valence-corrected chi connectivity index (χ0v) is 19.0. The Labute approximate surface area is 188 Å². The predicted octanol–water partition coefficient (Wildman–Crippen LogP) is 3.38. The van der Waals surface area contributed by atoms with Crippen molar-refractivity contribution in [2.45, 2.75) is 12.6 Å². The van der Waals surface area contributed by atoms with Crippen LogP contribution in [0.4, 0.5) is 16.2 Å². The van der Waals surface area contributed by atoms with E-state index in [-0.39, 0.29) is 11.9 Å². The lowest BCUT2D eigenvalue weighted by molar-refractivity contribution is -0.0346. The molecule has 3 heterocycles. The second kappa shape index (κ2) is 9.58. The average Bonchev–Trinajstić information content (AvgIpc) is 2.79. The number of halogens is 1. The molecule has 1 saturated heterocycles. The maximum Gasteiger partial charge on any atom is 0.225 e. The first kappa shape index (κ1) is 22.1. The molecular formula is C24H29FN6O. The second-order valence-corrected chi connectivity index (χ2v) is 8.35. The Kier molecular flexibility index (Phi) is 6.62. The Morgan fingerprint density at radius 3 is 2.56 bits per heavy atom. The molecule has 0 saturated carbocycles. The lowest BCUT2D eigenvalue weighted by Crippen LogP contribution is -2.38. The maximum atomic E-state index is 13.5. The molecule has 0 radical (unpaired) electrons. The van der Waals surface area contributed by atoms with Crippen LogP contribution in [0.2, 0.25) is 0 Å². The fourth-order valence-corrected chi connectivity index (χ4v) is 3.91. The first-order valence-corrected chi connectivity index (χ1v) is 10.7. The summed E-state index contributed by atoms with van der Waals surface area (Å²) < 4.78 is 19.7. The predicted molar refractivity (Wildman–Crippen MR) is 124 cm³/mol. The summed E-state index contributed by atoms with van der Waals surface area (Å²) in [6, 6.07) is 10.5. The molecule has 1 aliphatic rings. The van der Waals surface area contributed by atoms with E-state index in [0.29, 0.717) is 19.1 Å². The Hall–Kier alpha value is -3.10. The maximum absolute atomic E-state index is 13.5. The summed E-state index contributed by atoms with van der Waals surface area (Å²) in [5.74, 6) is 1.32. The van der Waals surface area contributed by atoms with E-state index in [4.69, 9.17) is 9.72 Å². The van der Waals surface area contributed by atoms with Gasteiger partial charge in [0.15, 0.2) is 0 Å². The molecule has 0 bridgehead atoms. The molecular weight excluding hydrogens is 407 g/mol. The third-order valence-corrected chi connectivity index (χ3v) is 5.50. The van der Waals surface area contributed by atoms with Gasteiger partial charge in [-0.3, -0.25) is 4.90 Å². The molecule has 0 spiro atoms. The van der Waals surface area contributed by atoms with Gasteiger partial charge in [-0.1, -0.05) is 18.2 Å². The van der Waals surface area contributed by atoms with Crippen molar-refractivity contribution < 1.29 is 9.13 Å². The van der Waals surface area contributed by atoms with Crippen LogP contribution < -0.4 is 9.80 Å². The minimum atomic E-state index is -0.269. The van der Waals surface area contributed by atoms with E-state index in [0.717, 1.165) is 35.7 Å². The monoisotopic (exact) mass is 436 g/mol. The number of benzene rings is 1. The first-order chi connectivity index (χ1) is 15.4. The van der Waals surface area contributed by atoms with Crippen LogP contribution in [-0.2, 0) is 11.3 Å². The van der Waals surface area contributed by atoms with Gasteiger partial charge in [-0.25, -0.2) is 19.3 Å². The molecule has 32 heavy (non-hydrogen) atoms. The van der Waals surface area contributed by atoms with Crippen LogP contribution in [0.15, 0.2) is 48.8 Å². The Balaban J connectivity index is 1.64. The topological polar surface area (TPSA) is 57.6 Å². The molecule has 0 unspecified atom stereocenters. The van der Waals surface area contributed by atoms with Crippen LogP contribution in [0.25, 0.3) is 11.1 Å². The fourth-order valence-electron chi connectivity index (χ4n) is 3.91. The highest BCUT2D eigenvalue weighted by atomic mass is 19.1. The minimum Gasteiger partial charge on any atom is -0.369 e. The number of nitrogens with zero attached hydrogens (tertiary/aromatic N) is 6. The van der Waals surface area contributed by atoms with Gasteiger partial charge in [0.25, 0.3) is 0 Å². The molecule has 1 aliphatic heterocycles. The number of ether oxygens (including phenoxy) is 1. The standard InChI is InChI=1S/C24H29FN6O/c1-29(2)23-18(6-5-11-26-23)15-31-12-13-32-21(16-31)22-20(14-27-24(28-22)30(3)4)17-7-9-19(25)10-8-17/h5-11,14,21H,12-13,15-16H2,1-4H3/t21-/m0/s1. The summed E-state index contributed by atoms with van der Waals surface area (Å²) >= 11 is 0. The lowest BCUT2D eigenvalue weighted by atomic mass is 10.0. The molecule has 0 amide bonds.